The van der Waals surface area contributed by atoms with Gasteiger partial charge in [0, 0.05) is 18.4 Å². The van der Waals surface area contributed by atoms with Gasteiger partial charge in [-0.2, -0.15) is 0 Å². The highest BCUT2D eigenvalue weighted by Gasteiger charge is 2.36. The van der Waals surface area contributed by atoms with Crippen LogP contribution in [0.1, 0.15) is 23.9 Å². The van der Waals surface area contributed by atoms with Crippen LogP contribution in [-0.2, 0) is 17.6 Å². The summed E-state index contributed by atoms with van der Waals surface area (Å²) in [6.07, 6.45) is 0.748. The third kappa shape index (κ3) is 6.81. The van der Waals surface area contributed by atoms with E-state index in [1.54, 1.807) is 43.3 Å². The zero-order valence-corrected chi connectivity index (χ0v) is 22.8. The van der Waals surface area contributed by atoms with Crippen LogP contribution in [0.25, 0.3) is 22.6 Å². The molecule has 0 aliphatic heterocycles. The van der Waals surface area contributed by atoms with Gasteiger partial charge in [-0.15, -0.1) is 0 Å². The molecule has 0 radical (unpaired) electrons. The van der Waals surface area contributed by atoms with Crippen molar-refractivity contribution in [3.63, 3.8) is 0 Å². The van der Waals surface area contributed by atoms with Gasteiger partial charge in [-0.1, -0.05) is 54.6 Å². The Balaban J connectivity index is 1.19. The van der Waals surface area contributed by atoms with Crippen molar-refractivity contribution < 1.29 is 28.2 Å². The van der Waals surface area contributed by atoms with E-state index < -0.39 is 11.6 Å². The highest BCUT2D eigenvalue weighted by Crippen LogP contribution is 2.28. The van der Waals surface area contributed by atoms with Gasteiger partial charge in [0.25, 0.3) is 0 Å². The van der Waals surface area contributed by atoms with Gasteiger partial charge in [0.1, 0.15) is 23.1 Å². The average Bonchev–Trinajstić information content (AvgIpc) is 3.35. The molecule has 1 atom stereocenters. The number of rotatable bonds is 11. The maximum atomic E-state index is 13.3. The second kappa shape index (κ2) is 12.1. The number of benzene rings is 4. The quantitative estimate of drug-likeness (QED) is 0.183. The molecule has 5 aromatic rings. The summed E-state index contributed by atoms with van der Waals surface area (Å²) in [5, 5.41) is 9.83. The van der Waals surface area contributed by atoms with Crippen molar-refractivity contribution in [1.29, 1.82) is 0 Å². The number of hydrogen-bond acceptors (Lipinski definition) is 5. The van der Waals surface area contributed by atoms with E-state index in [-0.39, 0.29) is 12.2 Å². The summed E-state index contributed by atoms with van der Waals surface area (Å²) in [7, 11) is 0. The molecule has 1 heterocycles. The summed E-state index contributed by atoms with van der Waals surface area (Å²) in [4.78, 5) is 16.7. The second-order valence-corrected chi connectivity index (χ2v) is 9.98. The Kier molecular flexibility index (Phi) is 8.15. The van der Waals surface area contributed by atoms with Crippen LogP contribution >= 0.6 is 0 Å². The molecule has 208 valence electrons. The summed E-state index contributed by atoms with van der Waals surface area (Å²) in [6, 6.07) is 30.4. The molecule has 0 fully saturated rings. The highest BCUT2D eigenvalue weighted by molar-refractivity contribution is 5.78. The Morgan fingerprint density at radius 3 is 2.29 bits per heavy atom. The summed E-state index contributed by atoms with van der Waals surface area (Å²) in [6.45, 7) is 3.84. The van der Waals surface area contributed by atoms with Crippen molar-refractivity contribution >= 4 is 5.97 Å². The minimum Gasteiger partial charge on any atom is -0.493 e. The van der Waals surface area contributed by atoms with Crippen LogP contribution in [0.15, 0.2) is 108 Å². The van der Waals surface area contributed by atoms with Crippen LogP contribution in [0.2, 0.25) is 0 Å². The first kappa shape index (κ1) is 27.6. The lowest BCUT2D eigenvalue weighted by Gasteiger charge is -2.26. The average molecular weight is 552 g/mol. The van der Waals surface area contributed by atoms with E-state index in [9.17, 15) is 14.3 Å². The van der Waals surface area contributed by atoms with E-state index in [2.05, 4.69) is 4.98 Å². The minimum absolute atomic E-state index is 0.195. The van der Waals surface area contributed by atoms with E-state index in [0.29, 0.717) is 30.4 Å². The minimum atomic E-state index is -1.41. The van der Waals surface area contributed by atoms with Crippen molar-refractivity contribution in [2.75, 3.05) is 6.61 Å². The largest absolute Gasteiger partial charge is 0.493 e. The summed E-state index contributed by atoms with van der Waals surface area (Å²) in [5.41, 5.74) is 2.90. The van der Waals surface area contributed by atoms with Crippen molar-refractivity contribution in [3.05, 3.63) is 126 Å². The Hall–Kier alpha value is -4.91. The van der Waals surface area contributed by atoms with Crippen molar-refractivity contribution in [1.82, 2.24) is 4.98 Å². The standard InChI is InChI=1S/C34H30FNO5/c1-23-31(36-32(40-23)27-8-6-7-26(21-27)25-13-15-28(35)16-14-25)19-20-39-29-17-11-24(12-18-29)22-34(2,33(37)38)41-30-9-4-3-5-10-30/h3-18,21H,19-20,22H2,1-2H3,(H,37,38). The molecule has 0 amide bonds. The number of carboxylic acids is 1. The molecule has 0 saturated carbocycles. The van der Waals surface area contributed by atoms with E-state index in [1.165, 1.54) is 12.1 Å². The van der Waals surface area contributed by atoms with Gasteiger partial charge in [-0.3, -0.25) is 0 Å². The molecule has 6 nitrogen and oxygen atoms in total. The van der Waals surface area contributed by atoms with Crippen LogP contribution in [-0.4, -0.2) is 28.3 Å². The number of hydrogen-bond donors (Lipinski definition) is 1. The lowest BCUT2D eigenvalue weighted by molar-refractivity contribution is -0.153. The van der Waals surface area contributed by atoms with Crippen LogP contribution in [0, 0.1) is 12.7 Å². The molecule has 0 aliphatic rings. The number of aryl methyl sites for hydroxylation is 1. The van der Waals surface area contributed by atoms with E-state index >= 15 is 0 Å². The Morgan fingerprint density at radius 1 is 0.878 bits per heavy atom. The Bertz CT molecular complexity index is 1610. The van der Waals surface area contributed by atoms with Gasteiger partial charge >= 0.3 is 5.97 Å². The zero-order chi connectivity index (χ0) is 28.8. The number of aromatic nitrogens is 1. The van der Waals surface area contributed by atoms with Crippen LogP contribution in [0.3, 0.4) is 0 Å². The number of ether oxygens (including phenoxy) is 2. The topological polar surface area (TPSA) is 81.8 Å². The smallest absolute Gasteiger partial charge is 0.348 e. The number of carboxylic acid groups (broad SMARTS) is 1. The lowest BCUT2D eigenvalue weighted by atomic mass is 9.96. The zero-order valence-electron chi connectivity index (χ0n) is 22.8. The monoisotopic (exact) mass is 551 g/mol. The summed E-state index contributed by atoms with van der Waals surface area (Å²) < 4.78 is 31.0. The summed E-state index contributed by atoms with van der Waals surface area (Å²) >= 11 is 0. The molecule has 1 aromatic heterocycles. The number of para-hydroxylation sites is 1. The third-order valence-electron chi connectivity index (χ3n) is 6.79. The fourth-order valence-electron chi connectivity index (χ4n) is 4.52. The maximum absolute atomic E-state index is 13.3. The van der Waals surface area contributed by atoms with Crippen LogP contribution < -0.4 is 9.47 Å². The fourth-order valence-corrected chi connectivity index (χ4v) is 4.52. The van der Waals surface area contributed by atoms with Gasteiger partial charge < -0.3 is 19.0 Å². The van der Waals surface area contributed by atoms with E-state index in [1.807, 2.05) is 61.5 Å². The number of oxazole rings is 1. The molecular formula is C34H30FNO5. The first-order chi connectivity index (χ1) is 19.8. The SMILES string of the molecule is Cc1oc(-c2cccc(-c3ccc(F)cc3)c2)nc1CCOc1ccc(CC(C)(Oc2ccccc2)C(=O)O)cc1. The maximum Gasteiger partial charge on any atom is 0.348 e. The predicted octanol–water partition coefficient (Wildman–Crippen LogP) is 7.54. The molecule has 0 bridgehead atoms. The van der Waals surface area contributed by atoms with E-state index in [4.69, 9.17) is 13.9 Å². The molecule has 4 aromatic carbocycles. The number of aliphatic carboxylic acids is 1. The third-order valence-corrected chi connectivity index (χ3v) is 6.79. The van der Waals surface area contributed by atoms with Gasteiger partial charge in [0.2, 0.25) is 11.5 Å². The molecule has 0 aliphatic carbocycles. The lowest BCUT2D eigenvalue weighted by Crippen LogP contribution is -2.43. The molecule has 0 saturated heterocycles. The summed E-state index contributed by atoms with van der Waals surface area (Å²) in [5.74, 6) is 1.10. The fraction of sp³-hybridized carbons (Fsp3) is 0.176. The normalized spacial score (nSPS) is 12.5. The van der Waals surface area contributed by atoms with Gasteiger partial charge in [-0.25, -0.2) is 14.2 Å². The van der Waals surface area contributed by atoms with Crippen LogP contribution in [0.5, 0.6) is 11.5 Å². The molecule has 1 unspecified atom stereocenters. The molecule has 7 heteroatoms. The van der Waals surface area contributed by atoms with Gasteiger partial charge in [-0.05, 0) is 79.1 Å². The van der Waals surface area contributed by atoms with Crippen molar-refractivity contribution in [3.8, 4) is 34.1 Å². The first-order valence-corrected chi connectivity index (χ1v) is 13.3. The molecule has 41 heavy (non-hydrogen) atoms. The van der Waals surface area contributed by atoms with E-state index in [0.717, 1.165) is 33.7 Å². The van der Waals surface area contributed by atoms with Crippen molar-refractivity contribution in [2.24, 2.45) is 0 Å². The number of carbonyl (C=O) groups is 1. The molecular weight excluding hydrogens is 521 g/mol. The number of halogens is 1. The number of nitrogens with zero attached hydrogens (tertiary/aromatic N) is 1. The van der Waals surface area contributed by atoms with Gasteiger partial charge in [0.15, 0.2) is 0 Å². The second-order valence-electron chi connectivity index (χ2n) is 9.98. The Labute approximate surface area is 238 Å². The highest BCUT2D eigenvalue weighted by atomic mass is 19.1. The van der Waals surface area contributed by atoms with Crippen molar-refractivity contribution in [2.45, 2.75) is 32.3 Å². The first-order valence-electron chi connectivity index (χ1n) is 13.3. The van der Waals surface area contributed by atoms with Gasteiger partial charge in [0.05, 0.1) is 12.3 Å². The molecule has 1 N–H and O–H groups in total. The Morgan fingerprint density at radius 2 is 1.59 bits per heavy atom. The molecule has 0 spiro atoms. The molecule has 5 rings (SSSR count). The predicted molar refractivity (Wildman–Crippen MR) is 155 cm³/mol. The van der Waals surface area contributed by atoms with Crippen LogP contribution in [0.4, 0.5) is 4.39 Å².